The molecule has 0 saturated carbocycles. The molecule has 0 fully saturated rings. The molecule has 0 aliphatic rings. The van der Waals surface area contributed by atoms with E-state index in [1.807, 2.05) is 30.5 Å². The van der Waals surface area contributed by atoms with Gasteiger partial charge < -0.3 is 10.0 Å². The molecule has 0 saturated heterocycles. The van der Waals surface area contributed by atoms with Crippen molar-refractivity contribution in [1.82, 2.24) is 4.98 Å². The van der Waals surface area contributed by atoms with Crippen molar-refractivity contribution in [3.05, 3.63) is 54.9 Å². The minimum absolute atomic E-state index is 0. The van der Waals surface area contributed by atoms with E-state index >= 15 is 0 Å². The molecule has 0 bridgehead atoms. The molecule has 3 nitrogen and oxygen atoms in total. The molecule has 0 atom stereocenters. The molecule has 1 aromatic carbocycles. The molecule has 75 valence electrons. The van der Waals surface area contributed by atoms with E-state index in [1.54, 1.807) is 6.20 Å². The highest BCUT2D eigenvalue weighted by atomic mass is 16.4. The molecular formula is C11H11BNO2. The lowest BCUT2D eigenvalue weighted by Crippen LogP contribution is -1.76. The van der Waals surface area contributed by atoms with Gasteiger partial charge in [0.1, 0.15) is 0 Å². The first-order chi connectivity index (χ1) is 7.38. The summed E-state index contributed by atoms with van der Waals surface area (Å²) >= 11 is 0. The summed E-state index contributed by atoms with van der Waals surface area (Å²) in [6, 6.07) is 14.2. The van der Waals surface area contributed by atoms with E-state index in [2.05, 4.69) is 23.2 Å². The molecule has 0 aliphatic heterocycles. The average molecular weight is 200 g/mol. The molecule has 15 heavy (non-hydrogen) atoms. The number of hydrogen-bond donors (Lipinski definition) is 2. The molecule has 1 aromatic heterocycles. The summed E-state index contributed by atoms with van der Waals surface area (Å²) < 4.78 is 0. The number of hydrogen-bond acceptors (Lipinski definition) is 3. The van der Waals surface area contributed by atoms with Gasteiger partial charge in [0.05, 0.1) is 0 Å². The van der Waals surface area contributed by atoms with Crippen LogP contribution in [0.3, 0.4) is 0 Å². The van der Waals surface area contributed by atoms with Gasteiger partial charge >= 0.3 is 7.69 Å². The normalized spacial score (nSPS) is 8.67. The second kappa shape index (κ2) is 6.76. The van der Waals surface area contributed by atoms with Crippen LogP contribution in [0.15, 0.2) is 54.9 Å². The van der Waals surface area contributed by atoms with E-state index in [0.29, 0.717) is 0 Å². The molecule has 0 unspecified atom stereocenters. The quantitative estimate of drug-likeness (QED) is 0.681. The Labute approximate surface area is 89.4 Å². The standard InChI is InChI=1S/C11H9N.BH2O2/c1-2-5-10(6-3-1)11-7-4-8-12-9-11;2-1-3/h1-9H;2-3H. The summed E-state index contributed by atoms with van der Waals surface area (Å²) in [6.07, 6.45) is 3.65. The van der Waals surface area contributed by atoms with E-state index in [0.717, 1.165) is 5.56 Å². The van der Waals surface area contributed by atoms with Crippen molar-refractivity contribution in [2.45, 2.75) is 0 Å². The Bertz CT molecular complexity index is 329. The second-order valence-electron chi connectivity index (χ2n) is 2.72. The summed E-state index contributed by atoms with van der Waals surface area (Å²) in [5, 5.41) is 14.0. The molecule has 1 heterocycles. The Morgan fingerprint density at radius 3 is 2.00 bits per heavy atom. The third kappa shape index (κ3) is 3.93. The van der Waals surface area contributed by atoms with Crippen molar-refractivity contribution in [2.24, 2.45) is 0 Å². The predicted molar refractivity (Wildman–Crippen MR) is 59.9 cm³/mol. The largest absolute Gasteiger partial charge is 0.482 e. The first kappa shape index (κ1) is 11.4. The Kier molecular flexibility index (Phi) is 5.15. The van der Waals surface area contributed by atoms with Crippen LogP contribution >= 0.6 is 0 Å². The Morgan fingerprint density at radius 1 is 0.867 bits per heavy atom. The summed E-state index contributed by atoms with van der Waals surface area (Å²) in [5.41, 5.74) is 2.38. The van der Waals surface area contributed by atoms with Crippen molar-refractivity contribution >= 4 is 7.69 Å². The monoisotopic (exact) mass is 200 g/mol. The van der Waals surface area contributed by atoms with Crippen LogP contribution in [0.2, 0.25) is 0 Å². The van der Waals surface area contributed by atoms with Crippen LogP contribution < -0.4 is 0 Å². The fourth-order valence-electron chi connectivity index (χ4n) is 1.16. The van der Waals surface area contributed by atoms with Crippen molar-refractivity contribution in [1.29, 1.82) is 0 Å². The highest BCUT2D eigenvalue weighted by Crippen LogP contribution is 2.16. The van der Waals surface area contributed by atoms with E-state index in [1.165, 1.54) is 5.56 Å². The van der Waals surface area contributed by atoms with E-state index in [-0.39, 0.29) is 7.69 Å². The van der Waals surface area contributed by atoms with E-state index in [4.69, 9.17) is 10.0 Å². The molecule has 1 radical (unpaired) electrons. The van der Waals surface area contributed by atoms with Crippen molar-refractivity contribution < 1.29 is 10.0 Å². The molecule has 0 spiro atoms. The zero-order valence-electron chi connectivity index (χ0n) is 8.12. The minimum Gasteiger partial charge on any atom is -0.429 e. The van der Waals surface area contributed by atoms with Gasteiger partial charge in [-0.3, -0.25) is 4.98 Å². The van der Waals surface area contributed by atoms with E-state index in [9.17, 15) is 0 Å². The maximum Gasteiger partial charge on any atom is 0.482 e. The van der Waals surface area contributed by atoms with Gasteiger partial charge in [0.15, 0.2) is 0 Å². The molecule has 0 aliphatic carbocycles. The van der Waals surface area contributed by atoms with Gasteiger partial charge in [-0.25, -0.2) is 0 Å². The fourth-order valence-corrected chi connectivity index (χ4v) is 1.16. The Balaban J connectivity index is 0.000000337. The summed E-state index contributed by atoms with van der Waals surface area (Å²) in [6.45, 7) is 0. The van der Waals surface area contributed by atoms with Crippen molar-refractivity contribution in [3.8, 4) is 11.1 Å². The van der Waals surface area contributed by atoms with Gasteiger partial charge in [0.2, 0.25) is 0 Å². The Morgan fingerprint density at radius 2 is 1.47 bits per heavy atom. The second-order valence-corrected chi connectivity index (χ2v) is 2.72. The van der Waals surface area contributed by atoms with Crippen molar-refractivity contribution in [3.63, 3.8) is 0 Å². The maximum absolute atomic E-state index is 7.00. The fraction of sp³-hybridized carbons (Fsp3) is 0. The lowest BCUT2D eigenvalue weighted by atomic mass is 10.1. The highest BCUT2D eigenvalue weighted by molar-refractivity contribution is 6.13. The molecule has 2 rings (SSSR count). The highest BCUT2D eigenvalue weighted by Gasteiger charge is 1.92. The molecular weight excluding hydrogens is 189 g/mol. The molecule has 2 aromatic rings. The van der Waals surface area contributed by atoms with Crippen LogP contribution in [0.4, 0.5) is 0 Å². The number of nitrogens with zero attached hydrogens (tertiary/aromatic N) is 1. The van der Waals surface area contributed by atoms with Crippen LogP contribution in [-0.2, 0) is 0 Å². The third-order valence-corrected chi connectivity index (χ3v) is 1.77. The topological polar surface area (TPSA) is 53.4 Å². The molecule has 0 amide bonds. The Hall–Kier alpha value is -1.65. The van der Waals surface area contributed by atoms with Crippen LogP contribution in [0.25, 0.3) is 11.1 Å². The zero-order chi connectivity index (χ0) is 10.9. The number of aromatic nitrogens is 1. The smallest absolute Gasteiger partial charge is 0.429 e. The SMILES string of the molecule is O[B]O.c1ccc(-c2cccnc2)cc1. The van der Waals surface area contributed by atoms with Crippen molar-refractivity contribution in [2.75, 3.05) is 0 Å². The average Bonchev–Trinajstić information content (AvgIpc) is 2.32. The van der Waals surface area contributed by atoms with Crippen LogP contribution in [0.1, 0.15) is 0 Å². The van der Waals surface area contributed by atoms with Crippen LogP contribution in [0.5, 0.6) is 0 Å². The van der Waals surface area contributed by atoms with Gasteiger partial charge in [-0.2, -0.15) is 0 Å². The lowest BCUT2D eigenvalue weighted by Gasteiger charge is -1.97. The summed E-state index contributed by atoms with van der Waals surface area (Å²) in [5.74, 6) is 0. The minimum atomic E-state index is 0. The number of pyridine rings is 1. The molecule has 2 N–H and O–H groups in total. The first-order valence-electron chi connectivity index (χ1n) is 4.44. The number of benzene rings is 1. The third-order valence-electron chi connectivity index (χ3n) is 1.77. The van der Waals surface area contributed by atoms with Gasteiger partial charge in [-0.15, -0.1) is 0 Å². The summed E-state index contributed by atoms with van der Waals surface area (Å²) in [4.78, 5) is 4.06. The zero-order valence-corrected chi connectivity index (χ0v) is 8.12. The van der Waals surface area contributed by atoms with Gasteiger partial charge in [0.25, 0.3) is 0 Å². The lowest BCUT2D eigenvalue weighted by molar-refractivity contribution is 0.448. The first-order valence-corrected chi connectivity index (χ1v) is 4.44. The maximum atomic E-state index is 7.00. The van der Waals surface area contributed by atoms with Gasteiger partial charge in [0, 0.05) is 12.4 Å². The van der Waals surface area contributed by atoms with Crippen LogP contribution in [-0.4, -0.2) is 22.7 Å². The molecule has 4 heteroatoms. The summed E-state index contributed by atoms with van der Waals surface area (Å²) in [7, 11) is 0. The van der Waals surface area contributed by atoms with Gasteiger partial charge in [-0.1, -0.05) is 36.4 Å². The predicted octanol–water partition coefficient (Wildman–Crippen LogP) is 1.25. The van der Waals surface area contributed by atoms with E-state index < -0.39 is 0 Å². The number of rotatable bonds is 1. The van der Waals surface area contributed by atoms with Crippen LogP contribution in [0, 0.1) is 0 Å². The van der Waals surface area contributed by atoms with Gasteiger partial charge in [-0.05, 0) is 17.2 Å².